The third kappa shape index (κ3) is 8.82. The van der Waals surface area contributed by atoms with E-state index in [2.05, 4.69) is 5.32 Å². The van der Waals surface area contributed by atoms with Crippen molar-refractivity contribution in [3.05, 3.63) is 66.2 Å². The third-order valence-corrected chi connectivity index (χ3v) is 6.81. The van der Waals surface area contributed by atoms with Crippen molar-refractivity contribution >= 4 is 17.5 Å². The van der Waals surface area contributed by atoms with Crippen LogP contribution >= 0.6 is 0 Å². The van der Waals surface area contributed by atoms with Gasteiger partial charge in [0.05, 0.1) is 12.3 Å². The number of hydrogen-bond donors (Lipinski definition) is 5. The predicted octanol–water partition coefficient (Wildman–Crippen LogP) is 2.16. The number of nitrogens with one attached hydrogen (secondary N) is 1. The highest BCUT2D eigenvalue weighted by Gasteiger charge is 2.45. The lowest BCUT2D eigenvalue weighted by Crippen LogP contribution is -2.60. The Morgan fingerprint density at radius 1 is 0.897 bits per heavy atom. The van der Waals surface area contributed by atoms with E-state index in [4.69, 9.17) is 9.57 Å². The van der Waals surface area contributed by atoms with Crippen LogP contribution in [0.5, 0.6) is 0 Å². The fraction of sp³-hybridized carbons (Fsp3) is 0.517. The number of amides is 2. The SMILES string of the molecule is CC(CCCCCCCNC(=O)c1ccccc1)C(=O)N(OC1OC(CO)C(O)C(O)C1O)c1ccccc1. The number of hydroxylamine groups is 1. The summed E-state index contributed by atoms with van der Waals surface area (Å²) >= 11 is 0. The lowest BCUT2D eigenvalue weighted by Gasteiger charge is -2.41. The number of aliphatic hydroxyl groups is 4. The van der Waals surface area contributed by atoms with Gasteiger partial charge in [-0.1, -0.05) is 69.0 Å². The summed E-state index contributed by atoms with van der Waals surface area (Å²) in [5.41, 5.74) is 1.07. The van der Waals surface area contributed by atoms with Crippen LogP contribution in [-0.2, 0) is 14.4 Å². The quantitative estimate of drug-likeness (QED) is 0.179. The van der Waals surface area contributed by atoms with E-state index in [-0.39, 0.29) is 11.8 Å². The first-order valence-electron chi connectivity index (χ1n) is 13.5. The van der Waals surface area contributed by atoms with E-state index in [0.717, 1.165) is 37.2 Å². The second-order valence-electron chi connectivity index (χ2n) is 9.85. The van der Waals surface area contributed by atoms with Crippen LogP contribution in [0.1, 0.15) is 55.8 Å². The van der Waals surface area contributed by atoms with E-state index in [0.29, 0.717) is 24.2 Å². The molecule has 6 atom stereocenters. The number of nitrogens with zero attached hydrogens (tertiary/aromatic N) is 1. The Labute approximate surface area is 229 Å². The van der Waals surface area contributed by atoms with E-state index in [1.54, 1.807) is 49.4 Å². The zero-order valence-corrected chi connectivity index (χ0v) is 22.3. The summed E-state index contributed by atoms with van der Waals surface area (Å²) in [7, 11) is 0. The molecule has 39 heavy (non-hydrogen) atoms. The maximum Gasteiger partial charge on any atom is 0.253 e. The molecule has 2 aromatic rings. The van der Waals surface area contributed by atoms with Crippen molar-refractivity contribution in [2.24, 2.45) is 5.92 Å². The molecule has 1 saturated heterocycles. The highest BCUT2D eigenvalue weighted by atomic mass is 16.8. The zero-order chi connectivity index (χ0) is 28.2. The smallest absolute Gasteiger partial charge is 0.253 e. The lowest BCUT2D eigenvalue weighted by atomic mass is 9.99. The van der Waals surface area contributed by atoms with Crippen LogP contribution < -0.4 is 10.4 Å². The third-order valence-electron chi connectivity index (χ3n) is 6.81. The van der Waals surface area contributed by atoms with Crippen LogP contribution in [0.2, 0.25) is 0 Å². The highest BCUT2D eigenvalue weighted by molar-refractivity contribution is 5.94. The number of anilines is 1. The van der Waals surface area contributed by atoms with Gasteiger partial charge in [-0.3, -0.25) is 9.59 Å². The van der Waals surface area contributed by atoms with Crippen LogP contribution in [-0.4, -0.2) is 76.1 Å². The lowest BCUT2D eigenvalue weighted by molar-refractivity contribution is -0.302. The molecule has 1 aliphatic rings. The largest absolute Gasteiger partial charge is 0.394 e. The number of carbonyl (C=O) groups excluding carboxylic acids is 2. The first kappa shape index (κ1) is 30.7. The van der Waals surface area contributed by atoms with Crippen molar-refractivity contribution in [3.63, 3.8) is 0 Å². The van der Waals surface area contributed by atoms with Gasteiger partial charge in [0, 0.05) is 18.0 Å². The minimum absolute atomic E-state index is 0.0724. The van der Waals surface area contributed by atoms with E-state index < -0.39 is 43.2 Å². The highest BCUT2D eigenvalue weighted by Crippen LogP contribution is 2.27. The average Bonchev–Trinajstić information content (AvgIpc) is 2.97. The molecule has 6 unspecified atom stereocenters. The first-order chi connectivity index (χ1) is 18.8. The molecule has 1 aliphatic heterocycles. The Hall–Kier alpha value is -2.86. The topological polar surface area (TPSA) is 149 Å². The number of para-hydroxylation sites is 1. The number of aliphatic hydroxyl groups excluding tert-OH is 4. The van der Waals surface area contributed by atoms with Gasteiger partial charge in [-0.05, 0) is 37.1 Å². The summed E-state index contributed by atoms with van der Waals surface area (Å²) in [4.78, 5) is 31.2. The maximum atomic E-state index is 13.4. The van der Waals surface area contributed by atoms with Crippen molar-refractivity contribution in [2.45, 2.75) is 76.2 Å². The summed E-state index contributed by atoms with van der Waals surface area (Å²) in [6.45, 7) is 1.82. The number of unbranched alkanes of at least 4 members (excludes halogenated alkanes) is 4. The first-order valence-corrected chi connectivity index (χ1v) is 13.5. The van der Waals surface area contributed by atoms with Crippen molar-refractivity contribution in [1.29, 1.82) is 0 Å². The van der Waals surface area contributed by atoms with Crippen LogP contribution in [0.4, 0.5) is 5.69 Å². The predicted molar refractivity (Wildman–Crippen MR) is 144 cm³/mol. The molecule has 1 heterocycles. The molecule has 2 amide bonds. The average molecular weight is 545 g/mol. The molecule has 5 N–H and O–H groups in total. The van der Waals surface area contributed by atoms with Crippen LogP contribution in [0.3, 0.4) is 0 Å². The zero-order valence-electron chi connectivity index (χ0n) is 22.3. The fourth-order valence-electron chi connectivity index (χ4n) is 4.38. The Kier molecular flexibility index (Phi) is 12.3. The fourth-order valence-corrected chi connectivity index (χ4v) is 4.38. The van der Waals surface area contributed by atoms with Gasteiger partial charge in [-0.25, -0.2) is 4.84 Å². The summed E-state index contributed by atoms with van der Waals surface area (Å²) < 4.78 is 5.45. The number of carbonyl (C=O) groups is 2. The molecule has 3 rings (SSSR count). The Morgan fingerprint density at radius 2 is 1.51 bits per heavy atom. The Bertz CT molecular complexity index is 1010. The minimum Gasteiger partial charge on any atom is -0.394 e. The van der Waals surface area contributed by atoms with Crippen molar-refractivity contribution in [1.82, 2.24) is 5.32 Å². The molecule has 10 nitrogen and oxygen atoms in total. The molecular weight excluding hydrogens is 504 g/mol. The number of hydrogen-bond acceptors (Lipinski definition) is 8. The van der Waals surface area contributed by atoms with E-state index in [9.17, 15) is 30.0 Å². The molecule has 0 radical (unpaired) electrons. The van der Waals surface area contributed by atoms with Gasteiger partial charge in [0.25, 0.3) is 11.8 Å². The van der Waals surface area contributed by atoms with Gasteiger partial charge in [0.2, 0.25) is 6.29 Å². The van der Waals surface area contributed by atoms with Crippen LogP contribution in [0, 0.1) is 5.92 Å². The standard InChI is InChI=1S/C29H40N2O8/c1-20(13-7-3-2-4-12-18-30-27(36)21-14-8-5-9-15-21)28(37)31(22-16-10-6-11-17-22)39-29-26(35)25(34)24(33)23(19-32)38-29/h5-6,8-11,14-17,20,23-26,29,32-35H,2-4,7,12-13,18-19H2,1H3,(H,30,36). The summed E-state index contributed by atoms with van der Waals surface area (Å²) in [5.74, 6) is -0.820. The van der Waals surface area contributed by atoms with Crippen molar-refractivity contribution in [2.75, 3.05) is 18.2 Å². The van der Waals surface area contributed by atoms with Gasteiger partial charge in [0.15, 0.2) is 0 Å². The van der Waals surface area contributed by atoms with Gasteiger partial charge >= 0.3 is 0 Å². The Morgan fingerprint density at radius 3 is 2.18 bits per heavy atom. The Balaban J connectivity index is 1.45. The van der Waals surface area contributed by atoms with E-state index in [1.807, 2.05) is 18.2 Å². The summed E-state index contributed by atoms with van der Waals surface area (Å²) in [6.07, 6.45) is -2.19. The van der Waals surface area contributed by atoms with E-state index in [1.165, 1.54) is 0 Å². The molecule has 0 spiro atoms. The summed E-state index contributed by atoms with van der Waals surface area (Å²) in [6, 6.07) is 17.7. The summed E-state index contributed by atoms with van der Waals surface area (Å²) in [5, 5.41) is 44.0. The maximum absolute atomic E-state index is 13.4. The monoisotopic (exact) mass is 544 g/mol. The number of ether oxygens (including phenoxy) is 1. The molecule has 1 fully saturated rings. The minimum atomic E-state index is -1.63. The van der Waals surface area contributed by atoms with Gasteiger partial charge in [-0.15, -0.1) is 0 Å². The van der Waals surface area contributed by atoms with Gasteiger partial charge in [-0.2, -0.15) is 5.06 Å². The van der Waals surface area contributed by atoms with Crippen molar-refractivity contribution < 1.29 is 39.6 Å². The van der Waals surface area contributed by atoms with Gasteiger partial charge < -0.3 is 30.5 Å². The molecule has 2 aromatic carbocycles. The van der Waals surface area contributed by atoms with Gasteiger partial charge in [0.1, 0.15) is 24.4 Å². The molecule has 0 bridgehead atoms. The molecule has 214 valence electrons. The molecule has 0 aromatic heterocycles. The molecule has 10 heteroatoms. The molecule has 0 saturated carbocycles. The number of rotatable bonds is 14. The second kappa shape index (κ2) is 15.7. The van der Waals surface area contributed by atoms with Crippen LogP contribution in [0.25, 0.3) is 0 Å². The van der Waals surface area contributed by atoms with E-state index >= 15 is 0 Å². The van der Waals surface area contributed by atoms with Crippen LogP contribution in [0.15, 0.2) is 60.7 Å². The molecule has 0 aliphatic carbocycles. The van der Waals surface area contributed by atoms with Crippen molar-refractivity contribution in [3.8, 4) is 0 Å². The number of benzene rings is 2. The molecular formula is C29H40N2O8. The second-order valence-corrected chi connectivity index (χ2v) is 9.85. The normalized spacial score (nSPS) is 23.7.